The number of halogens is 1. The third-order valence-corrected chi connectivity index (χ3v) is 4.01. The van der Waals surface area contributed by atoms with Crippen molar-refractivity contribution in [3.8, 4) is 5.75 Å². The number of hydrogen-bond acceptors (Lipinski definition) is 3. The first-order valence-corrected chi connectivity index (χ1v) is 8.43. The van der Waals surface area contributed by atoms with Crippen LogP contribution in [0.15, 0.2) is 54.6 Å². The van der Waals surface area contributed by atoms with Gasteiger partial charge in [0.2, 0.25) is 5.91 Å². The zero-order valence-corrected chi connectivity index (χ0v) is 14.5. The fourth-order valence-corrected chi connectivity index (χ4v) is 2.52. The highest BCUT2D eigenvalue weighted by Gasteiger charge is 2.26. The van der Waals surface area contributed by atoms with E-state index in [0.29, 0.717) is 6.42 Å². The highest BCUT2D eigenvalue weighted by atomic mass is 19.1. The summed E-state index contributed by atoms with van der Waals surface area (Å²) in [5.41, 5.74) is 0.735. The Morgan fingerprint density at radius 2 is 1.77 bits per heavy atom. The summed E-state index contributed by atoms with van der Waals surface area (Å²) in [7, 11) is 0. The van der Waals surface area contributed by atoms with Crippen molar-refractivity contribution >= 4 is 11.9 Å². The number of amides is 1. The van der Waals surface area contributed by atoms with Gasteiger partial charge in [0.1, 0.15) is 0 Å². The smallest absolute Gasteiger partial charge is 0.308 e. The summed E-state index contributed by atoms with van der Waals surface area (Å²) in [5.74, 6) is -2.33. The minimum Gasteiger partial charge on any atom is -0.491 e. The largest absolute Gasteiger partial charge is 0.491 e. The number of rotatable bonds is 9. The highest BCUT2D eigenvalue weighted by Crippen LogP contribution is 2.22. The van der Waals surface area contributed by atoms with E-state index >= 15 is 0 Å². The van der Waals surface area contributed by atoms with Crippen molar-refractivity contribution in [3.05, 3.63) is 66.0 Å². The second-order valence-corrected chi connectivity index (χ2v) is 5.97. The lowest BCUT2D eigenvalue weighted by atomic mass is 9.94. The molecule has 0 saturated carbocycles. The molecule has 0 bridgehead atoms. The van der Waals surface area contributed by atoms with Crippen LogP contribution in [-0.4, -0.2) is 23.6 Å². The van der Waals surface area contributed by atoms with E-state index in [1.54, 1.807) is 43.3 Å². The maximum atomic E-state index is 13.4. The van der Waals surface area contributed by atoms with Gasteiger partial charge in [-0.25, -0.2) is 4.39 Å². The Bertz CT molecular complexity index is 736. The first-order valence-electron chi connectivity index (χ1n) is 8.43. The molecule has 0 heterocycles. The van der Waals surface area contributed by atoms with Crippen LogP contribution in [0.2, 0.25) is 0 Å². The molecule has 138 valence electrons. The second kappa shape index (κ2) is 9.56. The van der Waals surface area contributed by atoms with Crippen LogP contribution in [0, 0.1) is 11.7 Å². The molecule has 2 rings (SSSR count). The topological polar surface area (TPSA) is 75.6 Å². The molecule has 2 aromatic rings. The molecule has 0 aromatic heterocycles. The van der Waals surface area contributed by atoms with Gasteiger partial charge in [0, 0.05) is 6.42 Å². The quantitative estimate of drug-likeness (QED) is 0.671. The minimum atomic E-state index is -0.984. The van der Waals surface area contributed by atoms with Gasteiger partial charge in [-0.05, 0) is 31.0 Å². The number of carbonyl (C=O) groups excluding carboxylic acids is 1. The number of benzene rings is 2. The van der Waals surface area contributed by atoms with Gasteiger partial charge in [-0.15, -0.1) is 0 Å². The van der Waals surface area contributed by atoms with Gasteiger partial charge in [0.05, 0.1) is 18.6 Å². The van der Waals surface area contributed by atoms with Gasteiger partial charge in [0.15, 0.2) is 11.6 Å². The van der Waals surface area contributed by atoms with E-state index in [2.05, 4.69) is 5.32 Å². The number of para-hydroxylation sites is 1. The SMILES string of the molecule is CC(C(=O)O)C(NC(=O)CCCOc1ccccc1F)c1ccccc1. The molecular formula is C20H22FNO4. The third-order valence-electron chi connectivity index (χ3n) is 4.01. The zero-order valence-electron chi connectivity index (χ0n) is 14.5. The lowest BCUT2D eigenvalue weighted by Gasteiger charge is -2.23. The number of nitrogens with one attached hydrogen (secondary N) is 1. The van der Waals surface area contributed by atoms with Crippen molar-refractivity contribution in [2.75, 3.05) is 6.61 Å². The average molecular weight is 359 g/mol. The molecule has 0 radical (unpaired) electrons. The first kappa shape index (κ1) is 19.4. The summed E-state index contributed by atoms with van der Waals surface area (Å²) >= 11 is 0. The van der Waals surface area contributed by atoms with Crippen LogP contribution in [0.25, 0.3) is 0 Å². The molecule has 6 heteroatoms. The van der Waals surface area contributed by atoms with Crippen LogP contribution in [0.4, 0.5) is 4.39 Å². The maximum absolute atomic E-state index is 13.4. The minimum absolute atomic E-state index is 0.148. The fourth-order valence-electron chi connectivity index (χ4n) is 2.52. The summed E-state index contributed by atoms with van der Waals surface area (Å²) in [6.45, 7) is 1.75. The van der Waals surface area contributed by atoms with Crippen LogP contribution in [0.5, 0.6) is 5.75 Å². The Kier molecular flexibility index (Phi) is 7.14. The van der Waals surface area contributed by atoms with Gasteiger partial charge >= 0.3 is 5.97 Å². The third kappa shape index (κ3) is 5.58. The van der Waals surface area contributed by atoms with E-state index in [1.165, 1.54) is 12.1 Å². The predicted molar refractivity (Wildman–Crippen MR) is 95.3 cm³/mol. The predicted octanol–water partition coefficient (Wildman–Crippen LogP) is 3.56. The Balaban J connectivity index is 1.87. The Labute approximate surface area is 151 Å². The van der Waals surface area contributed by atoms with Crippen LogP contribution in [0.1, 0.15) is 31.4 Å². The van der Waals surface area contributed by atoms with Crippen molar-refractivity contribution in [1.29, 1.82) is 0 Å². The molecule has 1 amide bonds. The number of hydrogen-bond donors (Lipinski definition) is 2. The second-order valence-electron chi connectivity index (χ2n) is 5.97. The van der Waals surface area contributed by atoms with Crippen molar-refractivity contribution < 1.29 is 23.8 Å². The number of aliphatic carboxylic acids is 1. The Hall–Kier alpha value is -2.89. The number of carbonyl (C=O) groups is 2. The average Bonchev–Trinajstić information content (AvgIpc) is 2.64. The molecule has 2 N–H and O–H groups in total. The molecule has 26 heavy (non-hydrogen) atoms. The van der Waals surface area contributed by atoms with E-state index in [1.807, 2.05) is 6.07 Å². The Morgan fingerprint density at radius 1 is 1.12 bits per heavy atom. The van der Waals surface area contributed by atoms with Crippen molar-refractivity contribution in [1.82, 2.24) is 5.32 Å². The van der Waals surface area contributed by atoms with E-state index in [9.17, 15) is 19.1 Å². The summed E-state index contributed by atoms with van der Waals surface area (Å²) in [6.07, 6.45) is 0.549. The van der Waals surface area contributed by atoms with E-state index < -0.39 is 23.7 Å². The fraction of sp³-hybridized carbons (Fsp3) is 0.300. The molecule has 5 nitrogen and oxygen atoms in total. The van der Waals surface area contributed by atoms with Gasteiger partial charge in [-0.3, -0.25) is 9.59 Å². The summed E-state index contributed by atoms with van der Waals surface area (Å²) in [4.78, 5) is 23.5. The molecule has 0 saturated heterocycles. The molecule has 0 spiro atoms. The van der Waals surface area contributed by atoms with Gasteiger partial charge in [0.25, 0.3) is 0 Å². The van der Waals surface area contributed by atoms with Crippen molar-refractivity contribution in [2.24, 2.45) is 5.92 Å². The highest BCUT2D eigenvalue weighted by molar-refractivity contribution is 5.78. The van der Waals surface area contributed by atoms with E-state index in [4.69, 9.17) is 4.74 Å². The molecule has 0 aliphatic rings. The maximum Gasteiger partial charge on any atom is 0.308 e. The molecular weight excluding hydrogens is 337 g/mol. The molecule has 0 aliphatic carbocycles. The number of ether oxygens (including phenoxy) is 1. The summed E-state index contributed by atoms with van der Waals surface area (Å²) < 4.78 is 18.8. The van der Waals surface area contributed by atoms with Crippen LogP contribution < -0.4 is 10.1 Å². The molecule has 0 aliphatic heterocycles. The number of carboxylic acids is 1. The molecule has 0 fully saturated rings. The first-order chi connectivity index (χ1) is 12.5. The molecule has 2 unspecified atom stereocenters. The van der Waals surface area contributed by atoms with Gasteiger partial charge < -0.3 is 15.2 Å². The Morgan fingerprint density at radius 3 is 2.42 bits per heavy atom. The van der Waals surface area contributed by atoms with Crippen LogP contribution in [-0.2, 0) is 9.59 Å². The summed E-state index contributed by atoms with van der Waals surface area (Å²) in [6, 6.07) is 14.4. The van der Waals surface area contributed by atoms with Gasteiger partial charge in [-0.2, -0.15) is 0 Å². The zero-order chi connectivity index (χ0) is 18.9. The van der Waals surface area contributed by atoms with E-state index in [-0.39, 0.29) is 24.7 Å². The lowest BCUT2D eigenvalue weighted by molar-refractivity contribution is -0.142. The van der Waals surface area contributed by atoms with Crippen molar-refractivity contribution in [3.63, 3.8) is 0 Å². The van der Waals surface area contributed by atoms with Crippen LogP contribution in [0.3, 0.4) is 0 Å². The van der Waals surface area contributed by atoms with Crippen molar-refractivity contribution in [2.45, 2.75) is 25.8 Å². The molecule has 2 aromatic carbocycles. The summed E-state index contributed by atoms with van der Waals surface area (Å²) in [5, 5.41) is 12.1. The standard InChI is InChI=1S/C20H22FNO4/c1-14(20(24)25)19(15-8-3-2-4-9-15)22-18(23)12-7-13-26-17-11-6-5-10-16(17)21/h2-6,8-11,14,19H,7,12-13H2,1H3,(H,22,23)(H,24,25). The van der Waals surface area contributed by atoms with E-state index in [0.717, 1.165) is 5.56 Å². The normalized spacial score (nSPS) is 12.8. The lowest BCUT2D eigenvalue weighted by Crippen LogP contribution is -2.35. The molecule has 2 atom stereocenters. The monoisotopic (exact) mass is 359 g/mol. The van der Waals surface area contributed by atoms with Gasteiger partial charge in [-0.1, -0.05) is 42.5 Å². The number of carboxylic acid groups (broad SMARTS) is 1. The van der Waals surface area contributed by atoms with Crippen LogP contribution >= 0.6 is 0 Å².